The van der Waals surface area contributed by atoms with Crippen LogP contribution in [0.3, 0.4) is 0 Å². The van der Waals surface area contributed by atoms with E-state index in [1.54, 1.807) is 17.0 Å². The molecule has 3 aliphatic rings. The van der Waals surface area contributed by atoms with Gasteiger partial charge in [0.15, 0.2) is 11.5 Å². The number of ether oxygens (including phenoxy) is 2. The summed E-state index contributed by atoms with van der Waals surface area (Å²) in [5, 5.41) is 9.64. The average Bonchev–Trinajstić information content (AvgIpc) is 3.50. The Morgan fingerprint density at radius 1 is 1.16 bits per heavy atom. The van der Waals surface area contributed by atoms with Gasteiger partial charge in [-0.25, -0.2) is 5.01 Å². The largest absolute Gasteiger partial charge is 0.454 e. The van der Waals surface area contributed by atoms with E-state index in [0.29, 0.717) is 29.5 Å². The molecule has 0 bridgehead atoms. The van der Waals surface area contributed by atoms with Crippen molar-refractivity contribution in [1.82, 2.24) is 20.0 Å². The third-order valence-corrected chi connectivity index (χ3v) is 6.21. The van der Waals surface area contributed by atoms with Crippen molar-refractivity contribution < 1.29 is 23.6 Å². The summed E-state index contributed by atoms with van der Waals surface area (Å²) in [4.78, 5) is 31.4. The molecule has 2 amide bonds. The van der Waals surface area contributed by atoms with Crippen molar-refractivity contribution in [3.05, 3.63) is 24.1 Å². The van der Waals surface area contributed by atoms with Gasteiger partial charge in [-0.2, -0.15) is 10.1 Å². The lowest BCUT2D eigenvalue weighted by Crippen LogP contribution is -2.45. The van der Waals surface area contributed by atoms with Crippen molar-refractivity contribution in [2.24, 2.45) is 5.10 Å². The monoisotopic (exact) mass is 439 g/mol. The minimum atomic E-state index is -0.186. The van der Waals surface area contributed by atoms with E-state index in [2.05, 4.69) is 15.2 Å². The molecule has 3 heterocycles. The fraction of sp³-hybridized carbons (Fsp3) is 0.500. The zero-order valence-corrected chi connectivity index (χ0v) is 18.0. The molecule has 10 heteroatoms. The smallest absolute Gasteiger partial charge is 0.274 e. The van der Waals surface area contributed by atoms with Gasteiger partial charge in [-0.3, -0.25) is 9.59 Å². The van der Waals surface area contributed by atoms with E-state index in [-0.39, 0.29) is 43.5 Å². The topological polar surface area (TPSA) is 110 Å². The number of hydrogen-bond acceptors (Lipinski definition) is 8. The molecule has 1 fully saturated rings. The number of benzene rings is 1. The first kappa shape index (κ1) is 20.5. The first-order valence-electron chi connectivity index (χ1n) is 11.0. The van der Waals surface area contributed by atoms with Crippen LogP contribution in [0.2, 0.25) is 0 Å². The van der Waals surface area contributed by atoms with Gasteiger partial charge < -0.3 is 18.9 Å². The molecule has 1 aromatic carbocycles. The minimum absolute atomic E-state index is 0.0848. The highest BCUT2D eigenvalue weighted by atomic mass is 16.7. The van der Waals surface area contributed by atoms with Gasteiger partial charge in [0.2, 0.25) is 24.4 Å². The second-order valence-electron chi connectivity index (χ2n) is 8.29. The molecule has 1 aromatic heterocycles. The Hall–Kier alpha value is -3.43. The summed E-state index contributed by atoms with van der Waals surface area (Å²) in [6, 6.07) is 5.64. The van der Waals surface area contributed by atoms with E-state index < -0.39 is 0 Å². The predicted molar refractivity (Wildman–Crippen MR) is 113 cm³/mol. The minimum Gasteiger partial charge on any atom is -0.454 e. The Morgan fingerprint density at radius 3 is 2.81 bits per heavy atom. The van der Waals surface area contributed by atoms with Crippen molar-refractivity contribution >= 4 is 17.5 Å². The Kier molecular flexibility index (Phi) is 5.50. The first-order chi connectivity index (χ1) is 15.6. The Bertz CT molecular complexity index is 1060. The summed E-state index contributed by atoms with van der Waals surface area (Å²) in [6.45, 7) is 0.101. The van der Waals surface area contributed by atoms with E-state index in [0.717, 1.165) is 31.2 Å². The highest BCUT2D eigenvalue weighted by Crippen LogP contribution is 2.35. The molecule has 5 rings (SSSR count). The summed E-state index contributed by atoms with van der Waals surface area (Å²) in [5.74, 6) is 1.63. The molecule has 1 aliphatic carbocycles. The predicted octanol–water partition coefficient (Wildman–Crippen LogP) is 2.58. The SMILES string of the molecule is CN(C(=O)CN1N=C(c2nc(-c3ccc4c(c3)OCO4)no2)CCC1=O)C1CCCCC1. The van der Waals surface area contributed by atoms with Crippen LogP contribution in [0.1, 0.15) is 50.8 Å². The lowest BCUT2D eigenvalue weighted by atomic mass is 9.94. The first-order valence-corrected chi connectivity index (χ1v) is 11.0. The zero-order chi connectivity index (χ0) is 22.1. The number of rotatable bonds is 5. The third-order valence-electron chi connectivity index (χ3n) is 6.21. The standard InChI is InChI=1S/C22H25N5O5/c1-26(15-5-3-2-4-6-15)20(29)12-27-19(28)10-8-16(24-27)22-23-21(25-32-22)14-7-9-17-18(11-14)31-13-30-17/h7,9,11,15H,2-6,8,10,12-13H2,1H3. The second-order valence-corrected chi connectivity index (χ2v) is 8.29. The third kappa shape index (κ3) is 4.04. The van der Waals surface area contributed by atoms with Crippen LogP contribution in [-0.2, 0) is 9.59 Å². The van der Waals surface area contributed by atoms with Crippen LogP contribution in [0.5, 0.6) is 11.5 Å². The number of hydrogen-bond donors (Lipinski definition) is 0. The summed E-state index contributed by atoms with van der Waals surface area (Å²) < 4.78 is 16.1. The molecule has 1 saturated carbocycles. The van der Waals surface area contributed by atoms with E-state index in [1.165, 1.54) is 11.4 Å². The lowest BCUT2D eigenvalue weighted by molar-refractivity contribution is -0.141. The van der Waals surface area contributed by atoms with Crippen molar-refractivity contribution in [2.45, 2.75) is 51.0 Å². The van der Waals surface area contributed by atoms with Crippen LogP contribution in [0.4, 0.5) is 0 Å². The van der Waals surface area contributed by atoms with E-state index >= 15 is 0 Å². The maximum atomic E-state index is 12.8. The second kappa shape index (κ2) is 8.60. The highest BCUT2D eigenvalue weighted by molar-refractivity contribution is 6.01. The molecule has 0 unspecified atom stereocenters. The fourth-order valence-corrected chi connectivity index (χ4v) is 4.28. The molecule has 168 valence electrons. The molecule has 0 atom stereocenters. The van der Waals surface area contributed by atoms with Crippen molar-refractivity contribution in [1.29, 1.82) is 0 Å². The van der Waals surface area contributed by atoms with Gasteiger partial charge in [0, 0.05) is 31.5 Å². The molecule has 2 aliphatic heterocycles. The molecule has 32 heavy (non-hydrogen) atoms. The maximum absolute atomic E-state index is 12.8. The number of carbonyl (C=O) groups excluding carboxylic acids is 2. The van der Waals surface area contributed by atoms with E-state index in [9.17, 15) is 9.59 Å². The van der Waals surface area contributed by atoms with Gasteiger partial charge in [-0.15, -0.1) is 0 Å². The van der Waals surface area contributed by atoms with Crippen LogP contribution < -0.4 is 9.47 Å². The molecule has 0 saturated heterocycles. The van der Waals surface area contributed by atoms with Crippen molar-refractivity contribution in [3.8, 4) is 22.9 Å². The van der Waals surface area contributed by atoms with Crippen LogP contribution >= 0.6 is 0 Å². The molecular formula is C22H25N5O5. The van der Waals surface area contributed by atoms with Gasteiger partial charge in [-0.1, -0.05) is 24.4 Å². The number of hydrazone groups is 1. The van der Waals surface area contributed by atoms with Crippen molar-refractivity contribution in [2.75, 3.05) is 20.4 Å². The summed E-state index contributed by atoms with van der Waals surface area (Å²) in [5.41, 5.74) is 1.22. The van der Waals surface area contributed by atoms with Gasteiger partial charge in [-0.05, 0) is 31.0 Å². The van der Waals surface area contributed by atoms with Crippen molar-refractivity contribution in [3.63, 3.8) is 0 Å². The molecule has 10 nitrogen and oxygen atoms in total. The summed E-state index contributed by atoms with van der Waals surface area (Å²) in [7, 11) is 1.81. The zero-order valence-electron chi connectivity index (χ0n) is 18.0. The number of carbonyl (C=O) groups is 2. The normalized spacial score (nSPS) is 18.6. The highest BCUT2D eigenvalue weighted by Gasteiger charge is 2.29. The summed E-state index contributed by atoms with van der Waals surface area (Å²) in [6.07, 6.45) is 6.12. The molecule has 0 radical (unpaired) electrons. The van der Waals surface area contributed by atoms with E-state index in [4.69, 9.17) is 14.0 Å². The number of amides is 2. The lowest BCUT2D eigenvalue weighted by Gasteiger charge is -2.32. The number of nitrogens with zero attached hydrogens (tertiary/aromatic N) is 5. The average molecular weight is 439 g/mol. The van der Waals surface area contributed by atoms with Crippen LogP contribution in [-0.4, -0.2) is 64.0 Å². The number of aromatic nitrogens is 2. The van der Waals surface area contributed by atoms with Crippen LogP contribution in [0.15, 0.2) is 27.8 Å². The molecule has 0 N–H and O–H groups in total. The Morgan fingerprint density at radius 2 is 1.97 bits per heavy atom. The Labute approximate surface area is 185 Å². The molecule has 0 spiro atoms. The molecule has 2 aromatic rings. The van der Waals surface area contributed by atoms with Gasteiger partial charge in [0.1, 0.15) is 12.3 Å². The molecular weight excluding hydrogens is 414 g/mol. The van der Waals surface area contributed by atoms with Crippen LogP contribution in [0.25, 0.3) is 11.4 Å². The van der Waals surface area contributed by atoms with Crippen LogP contribution in [0, 0.1) is 0 Å². The van der Waals surface area contributed by atoms with Gasteiger partial charge >= 0.3 is 0 Å². The maximum Gasteiger partial charge on any atom is 0.274 e. The Balaban J connectivity index is 1.30. The number of fused-ring (bicyclic) bond motifs is 1. The quantitative estimate of drug-likeness (QED) is 0.704. The fourth-order valence-electron chi connectivity index (χ4n) is 4.28. The van der Waals surface area contributed by atoms with Gasteiger partial charge in [0.25, 0.3) is 5.89 Å². The van der Waals surface area contributed by atoms with E-state index in [1.807, 2.05) is 13.1 Å². The summed E-state index contributed by atoms with van der Waals surface area (Å²) >= 11 is 0. The number of likely N-dealkylation sites (N-methyl/N-ethyl adjacent to an activating group) is 1. The van der Waals surface area contributed by atoms with Gasteiger partial charge in [0.05, 0.1) is 0 Å².